The normalized spacial score (nSPS) is 10.8. The zero-order valence-corrected chi connectivity index (χ0v) is 19.3. The van der Waals surface area contributed by atoms with E-state index in [9.17, 15) is 14.4 Å². The van der Waals surface area contributed by atoms with E-state index in [1.807, 2.05) is 26.0 Å². The number of aryl methyl sites for hydroxylation is 1. The molecule has 1 heterocycles. The molecular weight excluding hydrogens is 430 g/mol. The van der Waals surface area contributed by atoms with Crippen molar-refractivity contribution in [3.05, 3.63) is 99.6 Å². The first-order valence-corrected chi connectivity index (χ1v) is 10.9. The minimum Gasteiger partial charge on any atom is -0.497 e. The topological polar surface area (TPSA) is 81.5 Å². The lowest BCUT2D eigenvalue weighted by atomic mass is 10.0. The molecule has 4 aromatic rings. The van der Waals surface area contributed by atoms with Gasteiger partial charge in [0.25, 0.3) is 11.5 Å². The van der Waals surface area contributed by atoms with Crippen LogP contribution in [0.5, 0.6) is 5.75 Å². The van der Waals surface area contributed by atoms with Crippen LogP contribution in [0.2, 0.25) is 0 Å². The monoisotopic (exact) mass is 455 g/mol. The van der Waals surface area contributed by atoms with Crippen molar-refractivity contribution in [1.29, 1.82) is 0 Å². The molecule has 0 atom stereocenters. The molecular formula is C27H25N3O4. The average Bonchev–Trinajstić information content (AvgIpc) is 2.86. The quantitative estimate of drug-likeness (QED) is 0.396. The zero-order valence-electron chi connectivity index (χ0n) is 19.3. The van der Waals surface area contributed by atoms with E-state index in [0.29, 0.717) is 40.1 Å². The van der Waals surface area contributed by atoms with Crippen LogP contribution in [0.15, 0.2) is 71.5 Å². The minimum atomic E-state index is -0.379. The van der Waals surface area contributed by atoms with Crippen molar-refractivity contribution in [1.82, 2.24) is 14.5 Å². The molecule has 7 heteroatoms. The Hall–Kier alpha value is -4.26. The smallest absolute Gasteiger partial charge is 0.265 e. The Kier molecular flexibility index (Phi) is 6.54. The van der Waals surface area contributed by atoms with Crippen molar-refractivity contribution >= 4 is 23.2 Å². The number of ether oxygens (including phenoxy) is 1. The third-order valence-corrected chi connectivity index (χ3v) is 5.98. The van der Waals surface area contributed by atoms with Gasteiger partial charge in [0.05, 0.1) is 23.7 Å². The third kappa shape index (κ3) is 4.32. The molecule has 0 spiro atoms. The first-order valence-electron chi connectivity index (χ1n) is 10.9. The van der Waals surface area contributed by atoms with E-state index >= 15 is 0 Å². The standard InChI is InChI=1S/C27H25N3O4/c1-18-7-6-9-22(19(18)2)26(32)29(17-31)16-15-25-28-24-10-5-4-8-23(24)27(33)30(25)20-11-13-21(34-3)14-12-20/h4-14,17H,15-16H2,1-3H3. The van der Waals surface area contributed by atoms with Crippen LogP contribution in [-0.4, -0.2) is 40.4 Å². The molecule has 0 aliphatic rings. The molecule has 172 valence electrons. The van der Waals surface area contributed by atoms with Crippen LogP contribution in [0.1, 0.15) is 27.3 Å². The maximum atomic E-state index is 13.4. The Balaban J connectivity index is 1.73. The molecule has 3 aromatic carbocycles. The third-order valence-electron chi connectivity index (χ3n) is 5.98. The van der Waals surface area contributed by atoms with Crippen LogP contribution in [0, 0.1) is 13.8 Å². The molecule has 34 heavy (non-hydrogen) atoms. The minimum absolute atomic E-state index is 0.0800. The van der Waals surface area contributed by atoms with Gasteiger partial charge >= 0.3 is 0 Å². The fraction of sp³-hybridized carbons (Fsp3) is 0.185. The van der Waals surface area contributed by atoms with Crippen LogP contribution in [-0.2, 0) is 11.2 Å². The second-order valence-electron chi connectivity index (χ2n) is 7.99. The van der Waals surface area contributed by atoms with Crippen LogP contribution < -0.4 is 10.3 Å². The SMILES string of the molecule is COc1ccc(-n2c(CCN(C=O)C(=O)c3cccc(C)c3C)nc3ccccc3c2=O)cc1. The van der Waals surface area contributed by atoms with Gasteiger partial charge in [-0.1, -0.05) is 24.3 Å². The Bertz CT molecular complexity index is 1420. The number of carbonyl (C=O) groups excluding carboxylic acids is 2. The van der Waals surface area contributed by atoms with E-state index in [1.54, 1.807) is 61.7 Å². The number of imide groups is 1. The van der Waals surface area contributed by atoms with Crippen LogP contribution >= 0.6 is 0 Å². The summed E-state index contributed by atoms with van der Waals surface area (Å²) < 4.78 is 6.75. The predicted molar refractivity (Wildman–Crippen MR) is 131 cm³/mol. The average molecular weight is 456 g/mol. The second-order valence-corrected chi connectivity index (χ2v) is 7.99. The van der Waals surface area contributed by atoms with Gasteiger partial charge < -0.3 is 4.74 Å². The second kappa shape index (κ2) is 9.70. The van der Waals surface area contributed by atoms with Gasteiger partial charge in [0, 0.05) is 18.5 Å². The zero-order chi connectivity index (χ0) is 24.2. The number of carbonyl (C=O) groups is 2. The highest BCUT2D eigenvalue weighted by molar-refractivity contribution is 6.01. The fourth-order valence-corrected chi connectivity index (χ4v) is 3.90. The molecule has 0 radical (unpaired) electrons. The molecule has 0 unspecified atom stereocenters. The number of para-hydroxylation sites is 1. The summed E-state index contributed by atoms with van der Waals surface area (Å²) in [6.45, 7) is 3.86. The van der Waals surface area contributed by atoms with Gasteiger partial charge in [0.15, 0.2) is 0 Å². The number of rotatable bonds is 7. The molecule has 0 aliphatic carbocycles. The van der Waals surface area contributed by atoms with Gasteiger partial charge in [0.1, 0.15) is 11.6 Å². The predicted octanol–water partition coefficient (Wildman–Crippen LogP) is 3.85. The molecule has 4 rings (SSSR count). The van der Waals surface area contributed by atoms with Crippen molar-refractivity contribution in [2.45, 2.75) is 20.3 Å². The number of aromatic nitrogens is 2. The summed E-state index contributed by atoms with van der Waals surface area (Å²) in [5.74, 6) is 0.739. The number of benzene rings is 3. The number of hydrogen-bond acceptors (Lipinski definition) is 5. The molecule has 0 saturated heterocycles. The van der Waals surface area contributed by atoms with Crippen LogP contribution in [0.25, 0.3) is 16.6 Å². The van der Waals surface area contributed by atoms with Gasteiger partial charge in [-0.3, -0.25) is 23.9 Å². The van der Waals surface area contributed by atoms with Crippen molar-refractivity contribution < 1.29 is 14.3 Å². The maximum absolute atomic E-state index is 13.4. The van der Waals surface area contributed by atoms with E-state index in [1.165, 1.54) is 4.57 Å². The Labute approximate surface area is 197 Å². The largest absolute Gasteiger partial charge is 0.497 e. The molecule has 7 nitrogen and oxygen atoms in total. The summed E-state index contributed by atoms with van der Waals surface area (Å²) in [6.07, 6.45) is 0.739. The van der Waals surface area contributed by atoms with Gasteiger partial charge in [-0.05, 0) is 67.4 Å². The number of amides is 2. The van der Waals surface area contributed by atoms with Crippen LogP contribution in [0.3, 0.4) is 0 Å². The van der Waals surface area contributed by atoms with Gasteiger partial charge in [-0.2, -0.15) is 0 Å². The van der Waals surface area contributed by atoms with Crippen molar-refractivity contribution in [3.63, 3.8) is 0 Å². The van der Waals surface area contributed by atoms with Gasteiger partial charge in [-0.15, -0.1) is 0 Å². The highest BCUT2D eigenvalue weighted by atomic mass is 16.5. The molecule has 0 saturated carbocycles. The molecule has 0 fully saturated rings. The molecule has 0 bridgehead atoms. The van der Waals surface area contributed by atoms with Crippen molar-refractivity contribution in [2.75, 3.05) is 13.7 Å². The lowest BCUT2D eigenvalue weighted by Crippen LogP contribution is -2.34. The van der Waals surface area contributed by atoms with E-state index in [0.717, 1.165) is 16.0 Å². The van der Waals surface area contributed by atoms with E-state index in [4.69, 9.17) is 9.72 Å². The van der Waals surface area contributed by atoms with Gasteiger partial charge in [0.2, 0.25) is 6.41 Å². The van der Waals surface area contributed by atoms with E-state index in [2.05, 4.69) is 0 Å². The number of methoxy groups -OCH3 is 1. The number of nitrogens with zero attached hydrogens (tertiary/aromatic N) is 3. The lowest BCUT2D eigenvalue weighted by molar-refractivity contribution is -0.116. The highest BCUT2D eigenvalue weighted by Crippen LogP contribution is 2.18. The van der Waals surface area contributed by atoms with Crippen LogP contribution in [0.4, 0.5) is 0 Å². The first-order chi connectivity index (χ1) is 16.4. The van der Waals surface area contributed by atoms with Crippen molar-refractivity contribution in [3.8, 4) is 11.4 Å². The van der Waals surface area contributed by atoms with Gasteiger partial charge in [-0.25, -0.2) is 4.98 Å². The summed E-state index contributed by atoms with van der Waals surface area (Å²) in [5, 5.41) is 0.487. The number of fused-ring (bicyclic) bond motifs is 1. The fourth-order valence-electron chi connectivity index (χ4n) is 3.90. The first kappa shape index (κ1) is 22.9. The molecule has 2 amide bonds. The summed E-state index contributed by atoms with van der Waals surface area (Å²) >= 11 is 0. The summed E-state index contributed by atoms with van der Waals surface area (Å²) in [7, 11) is 1.57. The maximum Gasteiger partial charge on any atom is 0.265 e. The highest BCUT2D eigenvalue weighted by Gasteiger charge is 2.20. The molecule has 0 N–H and O–H groups in total. The number of hydrogen-bond donors (Lipinski definition) is 0. The van der Waals surface area contributed by atoms with Crippen molar-refractivity contribution in [2.24, 2.45) is 0 Å². The molecule has 0 aliphatic heterocycles. The van der Waals surface area contributed by atoms with E-state index in [-0.39, 0.29) is 24.4 Å². The van der Waals surface area contributed by atoms with E-state index < -0.39 is 0 Å². The summed E-state index contributed by atoms with van der Waals surface area (Å²) in [4.78, 5) is 44.1. The summed E-state index contributed by atoms with van der Waals surface area (Å²) in [6, 6.07) is 19.6. The lowest BCUT2D eigenvalue weighted by Gasteiger charge is -2.19. The molecule has 1 aromatic heterocycles. The Morgan fingerprint density at radius 1 is 1.03 bits per heavy atom. The Morgan fingerprint density at radius 3 is 2.47 bits per heavy atom. The Morgan fingerprint density at radius 2 is 1.76 bits per heavy atom. The summed E-state index contributed by atoms with van der Waals surface area (Å²) in [5.41, 5.74) is 3.25.